The summed E-state index contributed by atoms with van der Waals surface area (Å²) in [5, 5.41) is 9.20. The lowest BCUT2D eigenvalue weighted by Crippen LogP contribution is -2.46. The Kier molecular flexibility index (Phi) is 4.13. The van der Waals surface area contributed by atoms with Gasteiger partial charge in [0.15, 0.2) is 0 Å². The second kappa shape index (κ2) is 4.91. The van der Waals surface area contributed by atoms with Gasteiger partial charge >= 0.3 is 0 Å². The number of β-amino-alcohol motifs (C(OH)–C–C–N with tert-alkyl or cyclic N) is 1. The lowest BCUT2D eigenvalue weighted by molar-refractivity contribution is 0.0406. The van der Waals surface area contributed by atoms with Crippen molar-refractivity contribution in [3.8, 4) is 0 Å². The quantitative estimate of drug-likeness (QED) is 0.726. The Balaban J connectivity index is 2.39. The Morgan fingerprint density at radius 2 is 2.23 bits per heavy atom. The minimum atomic E-state index is -0.798. The average molecular weight is 189 g/mol. The number of hydrogen-bond donors (Lipinski definition) is 1. The largest absolute Gasteiger partial charge is 0.389 e. The average Bonchev–Trinajstić information content (AvgIpc) is 2.13. The molecule has 1 saturated heterocycles. The number of nitrogens with zero attached hydrogens (tertiary/aromatic N) is 1. The summed E-state index contributed by atoms with van der Waals surface area (Å²) in [7, 11) is 0. The summed E-state index contributed by atoms with van der Waals surface area (Å²) >= 11 is 0. The monoisotopic (exact) mass is 189 g/mol. The zero-order valence-electron chi connectivity index (χ0n) is 8.54. The van der Waals surface area contributed by atoms with Crippen molar-refractivity contribution in [1.82, 2.24) is 4.90 Å². The fourth-order valence-electron chi connectivity index (χ4n) is 2.00. The Morgan fingerprint density at radius 1 is 1.54 bits per heavy atom. The van der Waals surface area contributed by atoms with Gasteiger partial charge in [-0.2, -0.15) is 0 Å². The molecule has 0 radical (unpaired) electrons. The van der Waals surface area contributed by atoms with E-state index in [-0.39, 0.29) is 0 Å². The molecule has 1 aliphatic heterocycles. The molecule has 3 heteroatoms. The van der Waals surface area contributed by atoms with Gasteiger partial charge in [0.25, 0.3) is 0 Å². The lowest BCUT2D eigenvalue weighted by atomic mass is 9.92. The van der Waals surface area contributed by atoms with Gasteiger partial charge in [-0.05, 0) is 32.2 Å². The molecule has 13 heavy (non-hydrogen) atoms. The van der Waals surface area contributed by atoms with Crippen LogP contribution in [0.25, 0.3) is 0 Å². The van der Waals surface area contributed by atoms with Crippen LogP contribution >= 0.6 is 0 Å². The first-order chi connectivity index (χ1) is 6.15. The first kappa shape index (κ1) is 10.9. The van der Waals surface area contributed by atoms with Crippen LogP contribution in [-0.4, -0.2) is 41.9 Å². The first-order valence-corrected chi connectivity index (χ1v) is 5.13. The molecule has 0 spiro atoms. The summed E-state index contributed by atoms with van der Waals surface area (Å²) in [6.45, 7) is 5.25. The van der Waals surface area contributed by atoms with Crippen LogP contribution in [0.4, 0.5) is 4.39 Å². The van der Waals surface area contributed by atoms with Crippen molar-refractivity contribution in [1.29, 1.82) is 0 Å². The van der Waals surface area contributed by atoms with Gasteiger partial charge in [-0.3, -0.25) is 4.90 Å². The summed E-state index contributed by atoms with van der Waals surface area (Å²) in [4.78, 5) is 2.19. The third-order valence-electron chi connectivity index (χ3n) is 3.13. The molecule has 0 bridgehead atoms. The van der Waals surface area contributed by atoms with E-state index in [0.717, 1.165) is 6.54 Å². The number of aliphatic hydroxyl groups is 1. The van der Waals surface area contributed by atoms with Crippen LogP contribution in [0, 0.1) is 5.92 Å². The Bertz CT molecular complexity index is 154. The highest BCUT2D eigenvalue weighted by Crippen LogP contribution is 2.22. The molecule has 0 aromatic rings. The molecule has 0 saturated carbocycles. The number of hydrogen-bond acceptors (Lipinski definition) is 2. The van der Waals surface area contributed by atoms with Crippen molar-refractivity contribution in [2.75, 3.05) is 19.8 Å². The van der Waals surface area contributed by atoms with E-state index in [1.165, 1.54) is 12.8 Å². The van der Waals surface area contributed by atoms with Gasteiger partial charge in [-0.25, -0.2) is 4.39 Å². The van der Waals surface area contributed by atoms with Gasteiger partial charge in [0.1, 0.15) is 6.67 Å². The molecule has 3 unspecified atom stereocenters. The smallest absolute Gasteiger partial charge is 0.117 e. The summed E-state index contributed by atoms with van der Waals surface area (Å²) in [6.07, 6.45) is 1.63. The molecule has 2 nitrogen and oxygen atoms in total. The van der Waals surface area contributed by atoms with Crippen LogP contribution in [0.3, 0.4) is 0 Å². The summed E-state index contributed by atoms with van der Waals surface area (Å²) in [5.41, 5.74) is 0. The van der Waals surface area contributed by atoms with Crippen molar-refractivity contribution in [2.45, 2.75) is 38.8 Å². The minimum Gasteiger partial charge on any atom is -0.389 e. The molecular weight excluding hydrogens is 169 g/mol. The first-order valence-electron chi connectivity index (χ1n) is 5.13. The fourth-order valence-corrected chi connectivity index (χ4v) is 2.00. The zero-order chi connectivity index (χ0) is 9.84. The summed E-state index contributed by atoms with van der Waals surface area (Å²) < 4.78 is 12.1. The van der Waals surface area contributed by atoms with E-state index < -0.39 is 12.8 Å². The van der Waals surface area contributed by atoms with Gasteiger partial charge in [0, 0.05) is 12.6 Å². The predicted molar refractivity (Wildman–Crippen MR) is 51.4 cm³/mol. The van der Waals surface area contributed by atoms with Crippen molar-refractivity contribution in [2.24, 2.45) is 5.92 Å². The molecule has 1 rings (SSSR count). The number of alkyl halides is 1. The van der Waals surface area contributed by atoms with Gasteiger partial charge in [-0.15, -0.1) is 0 Å². The molecule has 0 aromatic heterocycles. The summed E-state index contributed by atoms with van der Waals surface area (Å²) in [6, 6.07) is 0.481. The Hall–Kier alpha value is -0.150. The van der Waals surface area contributed by atoms with E-state index in [0.29, 0.717) is 18.5 Å². The zero-order valence-corrected chi connectivity index (χ0v) is 8.54. The lowest BCUT2D eigenvalue weighted by Gasteiger charge is -2.38. The van der Waals surface area contributed by atoms with E-state index in [1.807, 2.05) is 0 Å². The van der Waals surface area contributed by atoms with E-state index in [9.17, 15) is 9.50 Å². The van der Waals surface area contributed by atoms with Crippen LogP contribution in [0.5, 0.6) is 0 Å². The Labute approximate surface area is 79.7 Å². The van der Waals surface area contributed by atoms with Gasteiger partial charge in [-0.1, -0.05) is 6.92 Å². The van der Waals surface area contributed by atoms with Crippen LogP contribution in [-0.2, 0) is 0 Å². The van der Waals surface area contributed by atoms with E-state index >= 15 is 0 Å². The molecule has 0 aliphatic carbocycles. The molecule has 3 atom stereocenters. The number of rotatable bonds is 3. The Morgan fingerprint density at radius 3 is 2.85 bits per heavy atom. The van der Waals surface area contributed by atoms with Crippen LogP contribution < -0.4 is 0 Å². The van der Waals surface area contributed by atoms with E-state index in [1.54, 1.807) is 0 Å². The van der Waals surface area contributed by atoms with Crippen LogP contribution in [0.1, 0.15) is 26.7 Å². The van der Waals surface area contributed by atoms with Crippen molar-refractivity contribution in [3.05, 3.63) is 0 Å². The second-order valence-corrected chi connectivity index (χ2v) is 4.16. The third kappa shape index (κ3) is 2.92. The highest BCUT2D eigenvalue weighted by molar-refractivity contribution is 4.79. The molecule has 1 fully saturated rings. The number of halogens is 1. The van der Waals surface area contributed by atoms with Gasteiger partial charge < -0.3 is 5.11 Å². The van der Waals surface area contributed by atoms with Crippen molar-refractivity contribution < 1.29 is 9.50 Å². The van der Waals surface area contributed by atoms with Crippen molar-refractivity contribution >= 4 is 0 Å². The number of likely N-dealkylation sites (tertiary alicyclic amines) is 1. The molecule has 1 aliphatic rings. The van der Waals surface area contributed by atoms with Crippen molar-refractivity contribution in [3.63, 3.8) is 0 Å². The molecule has 78 valence electrons. The standard InChI is InChI=1S/C10H20FNO/c1-8-4-3-5-12(9(8)2)7-10(13)6-11/h8-10,13H,3-7H2,1-2H3. The second-order valence-electron chi connectivity index (χ2n) is 4.16. The number of aliphatic hydroxyl groups excluding tert-OH is 1. The van der Waals surface area contributed by atoms with Gasteiger partial charge in [0.2, 0.25) is 0 Å². The summed E-state index contributed by atoms with van der Waals surface area (Å²) in [5.74, 6) is 0.667. The van der Waals surface area contributed by atoms with E-state index in [4.69, 9.17) is 0 Å². The fraction of sp³-hybridized carbons (Fsp3) is 1.00. The van der Waals surface area contributed by atoms with Gasteiger partial charge in [0.05, 0.1) is 6.10 Å². The molecule has 0 amide bonds. The molecule has 1 N–H and O–H groups in total. The number of piperidine rings is 1. The normalized spacial score (nSPS) is 33.2. The third-order valence-corrected chi connectivity index (χ3v) is 3.13. The molecule has 0 aromatic carbocycles. The highest BCUT2D eigenvalue weighted by Gasteiger charge is 2.25. The van der Waals surface area contributed by atoms with Crippen LogP contribution in [0.2, 0.25) is 0 Å². The minimum absolute atomic E-state index is 0.481. The highest BCUT2D eigenvalue weighted by atomic mass is 19.1. The SMILES string of the molecule is CC1CCCN(CC(O)CF)C1C. The maximum Gasteiger partial charge on any atom is 0.117 e. The topological polar surface area (TPSA) is 23.5 Å². The maximum atomic E-state index is 12.1. The predicted octanol–water partition coefficient (Wildman–Crippen LogP) is 1.44. The van der Waals surface area contributed by atoms with Crippen LogP contribution in [0.15, 0.2) is 0 Å². The molecule has 1 heterocycles. The maximum absolute atomic E-state index is 12.1. The molecular formula is C10H20FNO. The van der Waals surface area contributed by atoms with E-state index in [2.05, 4.69) is 18.7 Å².